The van der Waals surface area contributed by atoms with Crippen molar-refractivity contribution in [3.05, 3.63) is 0 Å². The van der Waals surface area contributed by atoms with Gasteiger partial charge >= 0.3 is 0 Å². The van der Waals surface area contributed by atoms with Gasteiger partial charge in [-0.3, -0.25) is 0 Å². The Morgan fingerprint density at radius 1 is 0.870 bits per heavy atom. The van der Waals surface area contributed by atoms with Crippen LogP contribution < -0.4 is 0 Å². The molecule has 0 saturated carbocycles. The zero-order chi connectivity index (χ0) is 17.0. The van der Waals surface area contributed by atoms with Crippen molar-refractivity contribution in [3.63, 3.8) is 0 Å². The Morgan fingerprint density at radius 3 is 1.91 bits per heavy atom. The molecule has 0 aliphatic heterocycles. The van der Waals surface area contributed by atoms with Gasteiger partial charge in [-0.05, 0) is 5.54 Å². The Kier molecular flexibility index (Phi) is 19.3. The highest BCUT2D eigenvalue weighted by Crippen LogP contribution is 2.11. The summed E-state index contributed by atoms with van der Waals surface area (Å²) in [6, 6.07) is 0. The minimum absolute atomic E-state index is 0.332. The summed E-state index contributed by atoms with van der Waals surface area (Å²) < 4.78 is 26.8. The van der Waals surface area contributed by atoms with Crippen molar-refractivity contribution in [1.29, 1.82) is 0 Å². The second-order valence-corrected chi connectivity index (χ2v) is 6.61. The molecule has 0 amide bonds. The lowest BCUT2D eigenvalue weighted by molar-refractivity contribution is -0.00184. The Hall–Kier alpha value is -0.423. The number of rotatable bonds is 18. The molecule has 0 aromatic carbocycles. The summed E-state index contributed by atoms with van der Waals surface area (Å²) in [6.45, 7) is 9.41. The highest BCUT2D eigenvalue weighted by molar-refractivity contribution is 6.29. The lowest BCUT2D eigenvalue weighted by Gasteiger charge is -2.10. The zero-order valence-corrected chi connectivity index (χ0v) is 15.7. The first-order chi connectivity index (χ1) is 11.3. The van der Waals surface area contributed by atoms with Gasteiger partial charge in [0, 0.05) is 0 Å². The van der Waals surface area contributed by atoms with E-state index < -0.39 is 0 Å². The molecular formula is C17H32O5Si. The largest absolute Gasteiger partial charge is 0.415 e. The fraction of sp³-hybridized carbons (Fsp3) is 0.882. The molecule has 0 bridgehead atoms. The molecule has 0 aliphatic carbocycles. The predicted octanol–water partition coefficient (Wildman–Crippen LogP) is 2.32. The van der Waals surface area contributed by atoms with Crippen LogP contribution >= 0.6 is 0 Å². The molecule has 2 radical (unpaired) electrons. The molecule has 134 valence electrons. The van der Waals surface area contributed by atoms with E-state index in [1.807, 2.05) is 0 Å². The van der Waals surface area contributed by atoms with Crippen molar-refractivity contribution in [2.45, 2.75) is 38.7 Å². The topological polar surface area (TPSA) is 46.2 Å². The molecule has 0 N–H and O–H groups in total. The van der Waals surface area contributed by atoms with Crippen LogP contribution in [0.1, 0.15) is 33.1 Å². The molecule has 0 aliphatic rings. The quantitative estimate of drug-likeness (QED) is 0.217. The molecule has 5 nitrogen and oxygen atoms in total. The lowest BCUT2D eigenvalue weighted by atomic mass is 10.2. The number of hydrogen-bond donors (Lipinski definition) is 0. The zero-order valence-electron chi connectivity index (χ0n) is 14.7. The maximum atomic E-state index is 5.61. The molecule has 1 unspecified atom stereocenters. The van der Waals surface area contributed by atoms with E-state index in [2.05, 4.69) is 19.8 Å². The third kappa shape index (κ3) is 19.5. The van der Waals surface area contributed by atoms with Crippen LogP contribution in [0.25, 0.3) is 0 Å². The van der Waals surface area contributed by atoms with Crippen molar-refractivity contribution in [3.8, 4) is 12.3 Å². The van der Waals surface area contributed by atoms with Gasteiger partial charge in [0.15, 0.2) is 0 Å². The molecule has 0 fully saturated rings. The summed E-state index contributed by atoms with van der Waals surface area (Å²) in [5.74, 6) is 2.40. The number of ether oxygens (including phenoxy) is 4. The minimum Gasteiger partial charge on any atom is -0.415 e. The summed E-state index contributed by atoms with van der Waals surface area (Å²) in [5, 5.41) is 0. The van der Waals surface area contributed by atoms with Gasteiger partial charge in [0.2, 0.25) is 9.76 Å². The molecule has 0 spiro atoms. The minimum atomic E-state index is 0.332. The van der Waals surface area contributed by atoms with Crippen molar-refractivity contribution in [2.75, 3.05) is 59.5 Å². The fourth-order valence-corrected chi connectivity index (χ4v) is 2.47. The second-order valence-electron chi connectivity index (χ2n) is 5.10. The highest BCUT2D eigenvalue weighted by atomic mass is 28.2. The molecule has 1 atom stereocenters. The third-order valence-electron chi connectivity index (χ3n) is 2.91. The Balaban J connectivity index is 3.04. The van der Waals surface area contributed by atoms with Gasteiger partial charge in [0.05, 0.1) is 52.9 Å². The van der Waals surface area contributed by atoms with Gasteiger partial charge in [0.25, 0.3) is 0 Å². The lowest BCUT2D eigenvalue weighted by Crippen LogP contribution is -2.14. The monoisotopic (exact) mass is 344 g/mol. The molecule has 0 aromatic heterocycles. The molecule has 0 saturated heterocycles. The van der Waals surface area contributed by atoms with Crippen LogP contribution in [0.4, 0.5) is 0 Å². The average molecular weight is 345 g/mol. The van der Waals surface area contributed by atoms with Gasteiger partial charge < -0.3 is 23.4 Å². The smallest absolute Gasteiger partial charge is 0.232 e. The van der Waals surface area contributed by atoms with E-state index in [0.717, 1.165) is 0 Å². The third-order valence-corrected chi connectivity index (χ3v) is 3.97. The molecule has 0 heterocycles. The predicted molar refractivity (Wildman–Crippen MR) is 92.8 cm³/mol. The van der Waals surface area contributed by atoms with Crippen LogP contribution in [0, 0.1) is 12.3 Å². The van der Waals surface area contributed by atoms with Crippen molar-refractivity contribution in [2.24, 2.45) is 0 Å². The molecule has 23 heavy (non-hydrogen) atoms. The first kappa shape index (κ1) is 22.6. The van der Waals surface area contributed by atoms with Gasteiger partial charge in [-0.1, -0.05) is 39.0 Å². The van der Waals surface area contributed by atoms with E-state index >= 15 is 0 Å². The van der Waals surface area contributed by atoms with E-state index in [1.54, 1.807) is 0 Å². The first-order valence-corrected chi connectivity index (χ1v) is 9.41. The average Bonchev–Trinajstić information content (AvgIpc) is 2.56. The Morgan fingerprint density at radius 2 is 1.39 bits per heavy atom. The van der Waals surface area contributed by atoms with E-state index in [1.165, 1.54) is 19.3 Å². The van der Waals surface area contributed by atoms with Crippen LogP contribution in [-0.4, -0.2) is 69.2 Å². The summed E-state index contributed by atoms with van der Waals surface area (Å²) in [6.07, 6.45) is 8.84. The van der Waals surface area contributed by atoms with Crippen LogP contribution in [0.2, 0.25) is 5.54 Å². The Bertz CT molecular complexity index is 270. The van der Waals surface area contributed by atoms with Gasteiger partial charge in [-0.2, -0.15) is 0 Å². The van der Waals surface area contributed by atoms with Crippen LogP contribution in [-0.2, 0) is 23.4 Å². The standard InChI is InChI=1S/C17H32O5Si/c1-4-6-7-17(3)23-22-16-15-21-14-13-20-12-11-19-10-9-18-8-5-2/h2,17H,4,6-16H2,1,3H3. The number of unbranched alkanes of at least 4 members (excludes halogenated alkanes) is 1. The second kappa shape index (κ2) is 19.6. The van der Waals surface area contributed by atoms with E-state index in [-0.39, 0.29) is 0 Å². The summed E-state index contributed by atoms with van der Waals surface area (Å²) >= 11 is 0. The van der Waals surface area contributed by atoms with Gasteiger partial charge in [0.1, 0.15) is 6.61 Å². The van der Waals surface area contributed by atoms with Gasteiger partial charge in [-0.25, -0.2) is 0 Å². The Labute approximate surface area is 144 Å². The maximum absolute atomic E-state index is 5.61. The van der Waals surface area contributed by atoms with Crippen LogP contribution in [0.5, 0.6) is 0 Å². The molecule has 0 aromatic rings. The van der Waals surface area contributed by atoms with E-state index in [9.17, 15) is 0 Å². The summed E-state index contributed by atoms with van der Waals surface area (Å²) in [5.41, 5.74) is 0.662. The first-order valence-electron chi connectivity index (χ1n) is 8.43. The number of terminal acetylenes is 1. The number of hydrogen-bond acceptors (Lipinski definition) is 5. The van der Waals surface area contributed by atoms with Gasteiger partial charge in [-0.15, -0.1) is 6.42 Å². The summed E-state index contributed by atoms with van der Waals surface area (Å²) in [4.78, 5) is 0. The van der Waals surface area contributed by atoms with E-state index in [4.69, 9.17) is 29.8 Å². The van der Waals surface area contributed by atoms with E-state index in [0.29, 0.717) is 74.8 Å². The fourth-order valence-electron chi connectivity index (χ4n) is 1.66. The van der Waals surface area contributed by atoms with Crippen LogP contribution in [0.3, 0.4) is 0 Å². The molecular weight excluding hydrogens is 312 g/mol. The summed E-state index contributed by atoms with van der Waals surface area (Å²) in [7, 11) is 0.578. The maximum Gasteiger partial charge on any atom is 0.232 e. The van der Waals surface area contributed by atoms with Crippen molar-refractivity contribution >= 4 is 9.76 Å². The highest BCUT2D eigenvalue weighted by Gasteiger charge is 2.03. The molecule has 0 rings (SSSR count). The van der Waals surface area contributed by atoms with Crippen molar-refractivity contribution in [1.82, 2.24) is 0 Å². The van der Waals surface area contributed by atoms with Crippen LogP contribution in [0.15, 0.2) is 0 Å². The SMILES string of the molecule is C#CCOCCOCCOCCOCCO[Si]C(C)CCCC. The normalized spacial score (nSPS) is 12.2. The van der Waals surface area contributed by atoms with Crippen molar-refractivity contribution < 1.29 is 23.4 Å². The molecule has 6 heteroatoms.